The number of nitrogens with zero attached hydrogens (tertiary/aromatic N) is 3. The van der Waals surface area contributed by atoms with Gasteiger partial charge < -0.3 is 18.8 Å². The number of hydrogen-bond donors (Lipinski definition) is 0. The van der Waals surface area contributed by atoms with Crippen molar-refractivity contribution >= 4 is 5.91 Å². The zero-order chi connectivity index (χ0) is 22.4. The van der Waals surface area contributed by atoms with Gasteiger partial charge in [-0.25, -0.2) is 4.98 Å². The Kier molecular flexibility index (Phi) is 7.59. The Hall–Kier alpha value is -2.54. The lowest BCUT2D eigenvalue weighted by molar-refractivity contribution is 0.0760. The predicted molar refractivity (Wildman–Crippen MR) is 120 cm³/mol. The summed E-state index contributed by atoms with van der Waals surface area (Å²) in [5.74, 6) is 2.94. The molecule has 2 aromatic rings. The zero-order valence-corrected chi connectivity index (χ0v) is 19.4. The van der Waals surface area contributed by atoms with E-state index in [-0.39, 0.29) is 11.3 Å². The average molecular weight is 430 g/mol. The summed E-state index contributed by atoms with van der Waals surface area (Å²) in [6.45, 7) is 15.0. The summed E-state index contributed by atoms with van der Waals surface area (Å²) in [5.41, 5.74) is 0.577. The standard InChI is InChI=1S/C24H35N3O4/c1-6-29-19-10-9-18(15-20(19)30-7-2)23(28)27-12-8-11-26(13-14-27)17-22-25-16-21(31-22)24(3,4)5/h9-10,15-16H,6-8,11-14,17H2,1-5H3. The molecule has 1 aromatic heterocycles. The van der Waals surface area contributed by atoms with Crippen LogP contribution >= 0.6 is 0 Å². The molecule has 0 unspecified atom stereocenters. The maximum atomic E-state index is 13.1. The summed E-state index contributed by atoms with van der Waals surface area (Å²) in [6, 6.07) is 5.43. The summed E-state index contributed by atoms with van der Waals surface area (Å²) >= 11 is 0. The monoisotopic (exact) mass is 429 g/mol. The fourth-order valence-corrected chi connectivity index (χ4v) is 3.62. The smallest absolute Gasteiger partial charge is 0.254 e. The normalized spacial score (nSPS) is 15.6. The third-order valence-corrected chi connectivity index (χ3v) is 5.32. The molecule has 0 N–H and O–H groups in total. The molecule has 0 radical (unpaired) electrons. The van der Waals surface area contributed by atoms with Gasteiger partial charge in [-0.1, -0.05) is 20.8 Å². The first-order valence-electron chi connectivity index (χ1n) is 11.2. The molecule has 0 saturated carbocycles. The van der Waals surface area contributed by atoms with Crippen molar-refractivity contribution in [2.45, 2.75) is 53.0 Å². The second-order valence-corrected chi connectivity index (χ2v) is 8.82. The van der Waals surface area contributed by atoms with Crippen LogP contribution in [0, 0.1) is 0 Å². The second-order valence-electron chi connectivity index (χ2n) is 8.82. The summed E-state index contributed by atoms with van der Waals surface area (Å²) in [7, 11) is 0. The second kappa shape index (κ2) is 10.2. The predicted octanol–water partition coefficient (Wildman–Crippen LogP) is 4.12. The van der Waals surface area contributed by atoms with Gasteiger partial charge in [0, 0.05) is 37.2 Å². The van der Waals surface area contributed by atoms with Crippen molar-refractivity contribution in [1.82, 2.24) is 14.8 Å². The van der Waals surface area contributed by atoms with Gasteiger partial charge in [-0.2, -0.15) is 0 Å². The number of oxazole rings is 1. The molecule has 1 saturated heterocycles. The number of carbonyl (C=O) groups is 1. The Bertz CT molecular complexity index is 872. The van der Waals surface area contributed by atoms with E-state index in [4.69, 9.17) is 13.9 Å². The Morgan fingerprint density at radius 2 is 1.81 bits per heavy atom. The minimum absolute atomic E-state index is 0.0250. The molecular weight excluding hydrogens is 394 g/mol. The van der Waals surface area contributed by atoms with E-state index in [0.717, 1.165) is 37.7 Å². The van der Waals surface area contributed by atoms with Gasteiger partial charge in [0.1, 0.15) is 5.76 Å². The van der Waals surface area contributed by atoms with Gasteiger partial charge in [-0.05, 0) is 38.5 Å². The molecule has 1 aliphatic heterocycles. The fraction of sp³-hybridized carbons (Fsp3) is 0.583. The number of rotatable bonds is 7. The van der Waals surface area contributed by atoms with Crippen molar-refractivity contribution in [3.63, 3.8) is 0 Å². The molecular formula is C24H35N3O4. The maximum absolute atomic E-state index is 13.1. The zero-order valence-electron chi connectivity index (χ0n) is 19.4. The van der Waals surface area contributed by atoms with Crippen molar-refractivity contribution in [3.8, 4) is 11.5 Å². The summed E-state index contributed by atoms with van der Waals surface area (Å²) in [4.78, 5) is 21.8. The molecule has 1 amide bonds. The van der Waals surface area contributed by atoms with Crippen molar-refractivity contribution in [2.75, 3.05) is 39.4 Å². The Morgan fingerprint density at radius 1 is 1.06 bits per heavy atom. The van der Waals surface area contributed by atoms with Crippen LogP contribution in [0.15, 0.2) is 28.8 Å². The van der Waals surface area contributed by atoms with Gasteiger partial charge in [0.05, 0.1) is 26.0 Å². The van der Waals surface area contributed by atoms with E-state index < -0.39 is 0 Å². The minimum Gasteiger partial charge on any atom is -0.490 e. The van der Waals surface area contributed by atoms with Crippen LogP contribution < -0.4 is 9.47 Å². The first kappa shape index (κ1) is 23.1. The Balaban J connectivity index is 1.63. The van der Waals surface area contributed by atoms with Gasteiger partial charge in [-0.15, -0.1) is 0 Å². The number of carbonyl (C=O) groups excluding carboxylic acids is 1. The van der Waals surface area contributed by atoms with Gasteiger partial charge >= 0.3 is 0 Å². The molecule has 1 aliphatic rings. The molecule has 2 heterocycles. The molecule has 3 rings (SSSR count). The van der Waals surface area contributed by atoms with Crippen molar-refractivity contribution in [3.05, 3.63) is 41.6 Å². The van der Waals surface area contributed by atoms with Crippen LogP contribution in [-0.4, -0.2) is 60.1 Å². The van der Waals surface area contributed by atoms with E-state index in [1.807, 2.05) is 37.1 Å². The molecule has 0 spiro atoms. The quantitative estimate of drug-likeness (QED) is 0.660. The van der Waals surface area contributed by atoms with Gasteiger partial charge in [-0.3, -0.25) is 9.69 Å². The highest BCUT2D eigenvalue weighted by molar-refractivity contribution is 5.95. The molecule has 7 nitrogen and oxygen atoms in total. The van der Waals surface area contributed by atoms with Crippen molar-refractivity contribution < 1.29 is 18.7 Å². The molecule has 7 heteroatoms. The van der Waals surface area contributed by atoms with Gasteiger partial charge in [0.15, 0.2) is 11.5 Å². The lowest BCUT2D eigenvalue weighted by Gasteiger charge is -2.22. The lowest BCUT2D eigenvalue weighted by atomic mass is 9.94. The molecule has 1 fully saturated rings. The van der Waals surface area contributed by atoms with Crippen LogP contribution in [0.4, 0.5) is 0 Å². The molecule has 0 aliphatic carbocycles. The summed E-state index contributed by atoms with van der Waals surface area (Å²) in [5, 5.41) is 0. The summed E-state index contributed by atoms with van der Waals surface area (Å²) < 4.78 is 17.2. The largest absolute Gasteiger partial charge is 0.490 e. The first-order valence-corrected chi connectivity index (χ1v) is 11.2. The van der Waals surface area contributed by atoms with Crippen LogP contribution in [0.3, 0.4) is 0 Å². The van der Waals surface area contributed by atoms with Gasteiger partial charge in [0.2, 0.25) is 5.89 Å². The van der Waals surface area contributed by atoms with Crippen LogP contribution in [0.5, 0.6) is 11.5 Å². The highest BCUT2D eigenvalue weighted by Gasteiger charge is 2.24. The SMILES string of the molecule is CCOc1ccc(C(=O)N2CCCN(Cc3ncc(C(C)(C)C)o3)CC2)cc1OCC. The number of amides is 1. The molecule has 0 bridgehead atoms. The molecule has 170 valence electrons. The van der Waals surface area contributed by atoms with E-state index in [9.17, 15) is 4.79 Å². The Labute approximate surface area is 185 Å². The van der Waals surface area contributed by atoms with Crippen LogP contribution in [0.25, 0.3) is 0 Å². The van der Waals surface area contributed by atoms with Crippen molar-refractivity contribution in [1.29, 1.82) is 0 Å². The van der Waals surface area contributed by atoms with E-state index in [2.05, 4.69) is 30.7 Å². The van der Waals surface area contributed by atoms with Crippen LogP contribution in [0.1, 0.15) is 63.0 Å². The Morgan fingerprint density at radius 3 is 2.48 bits per heavy atom. The number of aromatic nitrogens is 1. The number of hydrogen-bond acceptors (Lipinski definition) is 6. The number of benzene rings is 1. The van der Waals surface area contributed by atoms with E-state index in [0.29, 0.717) is 43.4 Å². The highest BCUT2D eigenvalue weighted by atomic mass is 16.5. The minimum atomic E-state index is -0.0503. The average Bonchev–Trinajstić information content (AvgIpc) is 3.08. The van der Waals surface area contributed by atoms with Crippen LogP contribution in [-0.2, 0) is 12.0 Å². The van der Waals surface area contributed by atoms with E-state index in [1.54, 1.807) is 6.07 Å². The summed E-state index contributed by atoms with van der Waals surface area (Å²) in [6.07, 6.45) is 2.73. The molecule has 0 atom stereocenters. The van der Waals surface area contributed by atoms with E-state index >= 15 is 0 Å². The van der Waals surface area contributed by atoms with E-state index in [1.165, 1.54) is 0 Å². The lowest BCUT2D eigenvalue weighted by Crippen LogP contribution is -2.35. The van der Waals surface area contributed by atoms with Gasteiger partial charge in [0.25, 0.3) is 5.91 Å². The highest BCUT2D eigenvalue weighted by Crippen LogP contribution is 2.29. The number of ether oxygens (including phenoxy) is 2. The van der Waals surface area contributed by atoms with Crippen molar-refractivity contribution in [2.24, 2.45) is 0 Å². The third kappa shape index (κ3) is 6.00. The fourth-order valence-electron chi connectivity index (χ4n) is 3.62. The van der Waals surface area contributed by atoms with Crippen LogP contribution in [0.2, 0.25) is 0 Å². The maximum Gasteiger partial charge on any atom is 0.254 e. The molecule has 31 heavy (non-hydrogen) atoms. The first-order chi connectivity index (χ1) is 14.8. The molecule has 1 aromatic carbocycles. The third-order valence-electron chi connectivity index (χ3n) is 5.32. The topological polar surface area (TPSA) is 68.0 Å².